The summed E-state index contributed by atoms with van der Waals surface area (Å²) in [6, 6.07) is 0. The Morgan fingerprint density at radius 3 is 2.75 bits per heavy atom. The molecule has 0 aromatic rings. The van der Waals surface area contributed by atoms with Crippen LogP contribution in [-0.2, 0) is 0 Å². The van der Waals surface area contributed by atoms with Crippen molar-refractivity contribution in [2.24, 2.45) is 5.92 Å². The van der Waals surface area contributed by atoms with Gasteiger partial charge in [0.25, 0.3) is 0 Å². The Kier molecular flexibility index (Phi) is 1.86. The molecule has 0 aliphatic carbocycles. The quantitative estimate of drug-likeness (QED) is 0.511. The van der Waals surface area contributed by atoms with Gasteiger partial charge in [-0.3, -0.25) is 0 Å². The number of hydrogen-bond acceptors (Lipinski definition) is 2. The zero-order chi connectivity index (χ0) is 5.98. The van der Waals surface area contributed by atoms with E-state index in [-0.39, 0.29) is 0 Å². The van der Waals surface area contributed by atoms with Crippen molar-refractivity contribution in [3.05, 3.63) is 0 Å². The van der Waals surface area contributed by atoms with E-state index in [1.807, 2.05) is 0 Å². The molecule has 0 radical (unpaired) electrons. The Bertz CT molecular complexity index is 66.9. The molecule has 1 aliphatic rings. The van der Waals surface area contributed by atoms with Crippen LogP contribution in [0.15, 0.2) is 0 Å². The van der Waals surface area contributed by atoms with Crippen LogP contribution in [0.4, 0.5) is 0 Å². The van der Waals surface area contributed by atoms with E-state index >= 15 is 0 Å². The zero-order valence-corrected chi connectivity index (χ0v) is 5.30. The molecule has 1 unspecified atom stereocenters. The molecule has 0 aromatic heterocycles. The Balaban J connectivity index is 2.23. The molecule has 1 heterocycles. The van der Waals surface area contributed by atoms with Crippen LogP contribution in [0, 0.1) is 5.92 Å². The lowest BCUT2D eigenvalue weighted by molar-refractivity contribution is -0.115. The summed E-state index contributed by atoms with van der Waals surface area (Å²) in [6.07, 6.45) is 2.43. The molecule has 2 heteroatoms. The first kappa shape index (κ1) is 6.05. The molecular weight excluding hydrogens is 102 g/mol. The molecular formula is C6H13NO. The normalized spacial score (nSPS) is 33.0. The molecule has 48 valence electrons. The maximum Gasteiger partial charge on any atom is 0.0263 e. The maximum atomic E-state index is 8.91. The van der Waals surface area contributed by atoms with Crippen LogP contribution in [-0.4, -0.2) is 23.4 Å². The van der Waals surface area contributed by atoms with Gasteiger partial charge in [-0.05, 0) is 18.8 Å². The number of hydrogen-bond donors (Lipinski definition) is 1. The van der Waals surface area contributed by atoms with Gasteiger partial charge in [0.05, 0.1) is 0 Å². The largest absolute Gasteiger partial charge is 0.314 e. The van der Waals surface area contributed by atoms with Crippen LogP contribution in [0.2, 0.25) is 0 Å². The van der Waals surface area contributed by atoms with Gasteiger partial charge in [0.15, 0.2) is 0 Å². The molecule has 1 atom stereocenters. The summed E-state index contributed by atoms with van der Waals surface area (Å²) >= 11 is 0. The summed E-state index contributed by atoms with van der Waals surface area (Å²) in [7, 11) is 0. The average Bonchev–Trinajstić information content (AvgIpc) is 1.64. The fraction of sp³-hybridized carbons (Fsp3) is 1.00. The third kappa shape index (κ3) is 1.46. The van der Waals surface area contributed by atoms with Gasteiger partial charge in [0.2, 0.25) is 0 Å². The summed E-state index contributed by atoms with van der Waals surface area (Å²) < 4.78 is 0. The molecule has 0 amide bonds. The van der Waals surface area contributed by atoms with E-state index in [9.17, 15) is 0 Å². The Labute approximate surface area is 50.1 Å². The molecule has 1 rings (SSSR count). The fourth-order valence-electron chi connectivity index (χ4n) is 1.16. The van der Waals surface area contributed by atoms with Crippen molar-refractivity contribution >= 4 is 0 Å². The van der Waals surface area contributed by atoms with E-state index in [0.717, 1.165) is 19.5 Å². The first-order valence-electron chi connectivity index (χ1n) is 3.23. The van der Waals surface area contributed by atoms with Crippen LogP contribution in [0.1, 0.15) is 19.8 Å². The number of piperidine rings is 1. The summed E-state index contributed by atoms with van der Waals surface area (Å²) in [6.45, 7) is 3.90. The van der Waals surface area contributed by atoms with E-state index < -0.39 is 0 Å². The first-order chi connectivity index (χ1) is 3.79. The van der Waals surface area contributed by atoms with Crippen LogP contribution < -0.4 is 0 Å². The molecule has 1 aliphatic heterocycles. The molecule has 2 nitrogen and oxygen atoms in total. The van der Waals surface area contributed by atoms with Crippen molar-refractivity contribution in [2.75, 3.05) is 13.1 Å². The third-order valence-electron chi connectivity index (χ3n) is 1.64. The van der Waals surface area contributed by atoms with Crippen LogP contribution in [0.3, 0.4) is 0 Å². The second-order valence-corrected chi connectivity index (χ2v) is 2.66. The van der Waals surface area contributed by atoms with Gasteiger partial charge in [-0.2, -0.15) is 5.06 Å². The second-order valence-electron chi connectivity index (χ2n) is 2.66. The number of rotatable bonds is 0. The lowest BCUT2D eigenvalue weighted by Crippen LogP contribution is -2.30. The van der Waals surface area contributed by atoms with Gasteiger partial charge in [-0.1, -0.05) is 6.92 Å². The van der Waals surface area contributed by atoms with Crippen molar-refractivity contribution in [3.63, 3.8) is 0 Å². The Morgan fingerprint density at radius 2 is 2.38 bits per heavy atom. The van der Waals surface area contributed by atoms with E-state index in [2.05, 4.69) is 6.92 Å². The van der Waals surface area contributed by atoms with Crippen molar-refractivity contribution in [3.8, 4) is 0 Å². The molecule has 8 heavy (non-hydrogen) atoms. The summed E-state index contributed by atoms with van der Waals surface area (Å²) in [5, 5.41) is 10.3. The van der Waals surface area contributed by atoms with Gasteiger partial charge >= 0.3 is 0 Å². The van der Waals surface area contributed by atoms with E-state index in [1.54, 1.807) is 0 Å². The molecule has 0 aromatic carbocycles. The second kappa shape index (κ2) is 2.46. The summed E-state index contributed by atoms with van der Waals surface area (Å²) in [5.74, 6) is 0.689. The van der Waals surface area contributed by atoms with Crippen molar-refractivity contribution < 1.29 is 5.21 Å². The highest BCUT2D eigenvalue weighted by Crippen LogP contribution is 2.12. The van der Waals surface area contributed by atoms with Gasteiger partial charge in [-0.25, -0.2) is 0 Å². The molecule has 0 bridgehead atoms. The average molecular weight is 115 g/mol. The Morgan fingerprint density at radius 1 is 1.62 bits per heavy atom. The van der Waals surface area contributed by atoms with Gasteiger partial charge in [0.1, 0.15) is 0 Å². The molecule has 1 saturated heterocycles. The van der Waals surface area contributed by atoms with E-state index in [0.29, 0.717) is 5.92 Å². The minimum Gasteiger partial charge on any atom is -0.314 e. The first-order valence-corrected chi connectivity index (χ1v) is 3.23. The highest BCUT2D eigenvalue weighted by molar-refractivity contribution is 4.62. The van der Waals surface area contributed by atoms with Gasteiger partial charge < -0.3 is 5.21 Å². The van der Waals surface area contributed by atoms with Gasteiger partial charge in [-0.15, -0.1) is 0 Å². The highest BCUT2D eigenvalue weighted by Gasteiger charge is 2.12. The summed E-state index contributed by atoms with van der Waals surface area (Å²) in [4.78, 5) is 0. The Hall–Kier alpha value is -0.0800. The number of nitrogens with zero attached hydrogens (tertiary/aromatic N) is 1. The molecule has 1 fully saturated rings. The smallest absolute Gasteiger partial charge is 0.0263 e. The van der Waals surface area contributed by atoms with Crippen molar-refractivity contribution in [1.29, 1.82) is 0 Å². The summed E-state index contributed by atoms with van der Waals surface area (Å²) in [5.41, 5.74) is 0. The fourth-order valence-corrected chi connectivity index (χ4v) is 1.16. The van der Waals surface area contributed by atoms with Crippen LogP contribution >= 0.6 is 0 Å². The van der Waals surface area contributed by atoms with Crippen molar-refractivity contribution in [1.82, 2.24) is 5.06 Å². The SMILES string of the molecule is CC1CCCN(O)C1. The minimum absolute atomic E-state index is 0.689. The van der Waals surface area contributed by atoms with Crippen molar-refractivity contribution in [2.45, 2.75) is 19.8 Å². The number of hydroxylamine groups is 2. The lowest BCUT2D eigenvalue weighted by atomic mass is 10.0. The lowest BCUT2D eigenvalue weighted by Gasteiger charge is -2.24. The molecule has 0 spiro atoms. The van der Waals surface area contributed by atoms with E-state index in [4.69, 9.17) is 5.21 Å². The minimum atomic E-state index is 0.689. The van der Waals surface area contributed by atoms with Gasteiger partial charge in [0, 0.05) is 13.1 Å². The van der Waals surface area contributed by atoms with Crippen LogP contribution in [0.5, 0.6) is 0 Å². The standard InChI is InChI=1S/C6H13NO/c1-6-3-2-4-7(8)5-6/h6,8H,2-5H2,1H3. The monoisotopic (exact) mass is 115 g/mol. The predicted octanol–water partition coefficient (Wildman–Crippen LogP) is 1.11. The van der Waals surface area contributed by atoms with Crippen LogP contribution in [0.25, 0.3) is 0 Å². The predicted molar refractivity (Wildman–Crippen MR) is 31.8 cm³/mol. The van der Waals surface area contributed by atoms with E-state index in [1.165, 1.54) is 11.5 Å². The maximum absolute atomic E-state index is 8.91. The molecule has 0 saturated carbocycles. The zero-order valence-electron chi connectivity index (χ0n) is 5.30. The molecule has 1 N–H and O–H groups in total. The topological polar surface area (TPSA) is 23.5 Å². The third-order valence-corrected chi connectivity index (χ3v) is 1.64. The highest BCUT2D eigenvalue weighted by atomic mass is 16.5.